The summed E-state index contributed by atoms with van der Waals surface area (Å²) in [6.07, 6.45) is -0.347. The van der Waals surface area contributed by atoms with E-state index >= 15 is 0 Å². The van der Waals surface area contributed by atoms with Crippen molar-refractivity contribution in [2.75, 3.05) is 22.4 Å². The highest BCUT2D eigenvalue weighted by Crippen LogP contribution is 2.24. The third-order valence-electron chi connectivity index (χ3n) is 4.67. The van der Waals surface area contributed by atoms with E-state index in [1.54, 1.807) is 30.3 Å². The number of sulfonamides is 1. The topological polar surface area (TPSA) is 101 Å². The summed E-state index contributed by atoms with van der Waals surface area (Å²) in [6, 6.07) is 18.6. The fraction of sp³-hybridized carbons (Fsp3) is 0.136. The Balaban J connectivity index is 1.69. The van der Waals surface area contributed by atoms with Crippen molar-refractivity contribution in [1.82, 2.24) is 0 Å². The Morgan fingerprint density at radius 2 is 1.53 bits per heavy atom. The first-order chi connectivity index (χ1) is 15.1. The van der Waals surface area contributed by atoms with Gasteiger partial charge in [0.05, 0.1) is 21.2 Å². The van der Waals surface area contributed by atoms with Gasteiger partial charge in [-0.1, -0.05) is 24.3 Å². The maximum Gasteiger partial charge on any atom is 0.264 e. The van der Waals surface area contributed by atoms with Crippen LogP contribution in [0.4, 0.5) is 15.8 Å². The van der Waals surface area contributed by atoms with Crippen molar-refractivity contribution in [2.24, 2.45) is 0 Å². The van der Waals surface area contributed by atoms with Crippen LogP contribution in [0.25, 0.3) is 0 Å². The lowest BCUT2D eigenvalue weighted by Gasteiger charge is -2.19. The lowest BCUT2D eigenvalue weighted by atomic mass is 10.3. The van der Waals surface area contributed by atoms with Crippen LogP contribution in [0.1, 0.15) is 6.42 Å². The summed E-state index contributed by atoms with van der Waals surface area (Å²) in [4.78, 5) is 12.2. The third kappa shape index (κ3) is 5.51. The van der Waals surface area contributed by atoms with Crippen LogP contribution in [0.15, 0.2) is 88.7 Å². The fourth-order valence-electron chi connectivity index (χ4n) is 2.88. The lowest BCUT2D eigenvalue weighted by molar-refractivity contribution is -0.115. The first kappa shape index (κ1) is 23.4. The second-order valence-electron chi connectivity index (χ2n) is 6.91. The molecular weight excluding hydrogens is 455 g/mol. The normalized spacial score (nSPS) is 11.7. The predicted octanol–water partition coefficient (Wildman–Crippen LogP) is 3.45. The molecule has 0 atom stereocenters. The first-order valence-electron chi connectivity index (χ1n) is 9.52. The summed E-state index contributed by atoms with van der Waals surface area (Å²) >= 11 is 0. The summed E-state index contributed by atoms with van der Waals surface area (Å²) < 4.78 is 64.6. The Bertz CT molecular complexity index is 1310. The van der Waals surface area contributed by atoms with E-state index in [1.807, 2.05) is 0 Å². The molecule has 0 aromatic heterocycles. The molecule has 0 saturated heterocycles. The quantitative estimate of drug-likeness (QED) is 0.502. The van der Waals surface area contributed by atoms with Crippen molar-refractivity contribution >= 4 is 37.1 Å². The average molecular weight is 477 g/mol. The molecule has 0 saturated carbocycles. The summed E-state index contributed by atoms with van der Waals surface area (Å²) in [6.45, 7) is 0. The molecule has 0 aliphatic rings. The molecule has 3 rings (SSSR count). The molecule has 7 nitrogen and oxygen atoms in total. The van der Waals surface area contributed by atoms with Gasteiger partial charge in [0.2, 0.25) is 5.91 Å². The molecule has 168 valence electrons. The van der Waals surface area contributed by atoms with Gasteiger partial charge in [-0.15, -0.1) is 0 Å². The molecule has 0 bridgehead atoms. The van der Waals surface area contributed by atoms with E-state index in [4.69, 9.17) is 0 Å². The van der Waals surface area contributed by atoms with Crippen molar-refractivity contribution in [2.45, 2.75) is 16.2 Å². The van der Waals surface area contributed by atoms with Gasteiger partial charge in [-0.3, -0.25) is 9.10 Å². The van der Waals surface area contributed by atoms with Crippen LogP contribution < -0.4 is 9.62 Å². The number of amides is 1. The zero-order chi connectivity index (χ0) is 23.4. The highest BCUT2D eigenvalue weighted by Gasteiger charge is 2.22. The molecule has 0 spiro atoms. The minimum absolute atomic E-state index is 0.0272. The summed E-state index contributed by atoms with van der Waals surface area (Å²) in [5.74, 6) is -1.63. The van der Waals surface area contributed by atoms with E-state index < -0.39 is 37.3 Å². The number of anilines is 2. The van der Waals surface area contributed by atoms with Crippen molar-refractivity contribution in [1.29, 1.82) is 0 Å². The Hall–Kier alpha value is -3.24. The highest BCUT2D eigenvalue weighted by molar-refractivity contribution is 7.92. The number of para-hydroxylation sites is 1. The average Bonchev–Trinajstić information content (AvgIpc) is 2.78. The number of rotatable bonds is 8. The number of sulfone groups is 1. The summed E-state index contributed by atoms with van der Waals surface area (Å²) in [5, 5.41) is 2.52. The van der Waals surface area contributed by atoms with Crippen LogP contribution in [0.5, 0.6) is 0 Å². The maximum atomic E-state index is 13.0. The SMILES string of the molecule is CN(c1ccccc1)S(=O)(=O)c1cccc(NC(=O)CCS(=O)(=O)c2ccc(F)cc2)c1. The third-order valence-corrected chi connectivity index (χ3v) is 8.18. The summed E-state index contributed by atoms with van der Waals surface area (Å²) in [7, 11) is -6.21. The molecule has 0 unspecified atom stereocenters. The molecule has 32 heavy (non-hydrogen) atoms. The molecule has 0 heterocycles. The Morgan fingerprint density at radius 3 is 2.19 bits per heavy atom. The molecule has 10 heteroatoms. The second-order valence-corrected chi connectivity index (χ2v) is 11.0. The smallest absolute Gasteiger partial charge is 0.264 e. The van der Waals surface area contributed by atoms with Crippen molar-refractivity contribution in [3.63, 3.8) is 0 Å². The number of halogens is 1. The van der Waals surface area contributed by atoms with Crippen molar-refractivity contribution in [3.8, 4) is 0 Å². The number of hydrogen-bond donors (Lipinski definition) is 1. The number of carbonyl (C=O) groups is 1. The number of nitrogens with one attached hydrogen (secondary N) is 1. The zero-order valence-electron chi connectivity index (χ0n) is 17.1. The Morgan fingerprint density at radius 1 is 0.875 bits per heavy atom. The van der Waals surface area contributed by atoms with Gasteiger partial charge in [0.1, 0.15) is 5.82 Å². The van der Waals surface area contributed by atoms with Crippen LogP contribution in [0.3, 0.4) is 0 Å². The van der Waals surface area contributed by atoms with Gasteiger partial charge in [0, 0.05) is 19.2 Å². The minimum atomic E-state index is -3.87. The van der Waals surface area contributed by atoms with Crippen LogP contribution >= 0.6 is 0 Å². The molecule has 1 N–H and O–H groups in total. The van der Waals surface area contributed by atoms with Gasteiger partial charge in [0.25, 0.3) is 10.0 Å². The lowest BCUT2D eigenvalue weighted by Crippen LogP contribution is -2.26. The highest BCUT2D eigenvalue weighted by atomic mass is 32.2. The van der Waals surface area contributed by atoms with E-state index in [0.717, 1.165) is 28.6 Å². The van der Waals surface area contributed by atoms with E-state index in [0.29, 0.717) is 5.69 Å². The number of nitrogens with zero attached hydrogens (tertiary/aromatic N) is 1. The van der Waals surface area contributed by atoms with E-state index in [1.165, 1.54) is 31.3 Å². The maximum absolute atomic E-state index is 13.0. The summed E-state index contributed by atoms with van der Waals surface area (Å²) in [5.41, 5.74) is 0.699. The first-order valence-corrected chi connectivity index (χ1v) is 12.6. The number of hydrogen-bond acceptors (Lipinski definition) is 5. The largest absolute Gasteiger partial charge is 0.326 e. The fourth-order valence-corrected chi connectivity index (χ4v) is 5.36. The van der Waals surface area contributed by atoms with Crippen LogP contribution in [-0.2, 0) is 24.7 Å². The second kappa shape index (κ2) is 9.49. The van der Waals surface area contributed by atoms with Gasteiger partial charge in [-0.2, -0.15) is 0 Å². The molecule has 3 aromatic carbocycles. The number of benzene rings is 3. The monoisotopic (exact) mass is 476 g/mol. The molecule has 1 amide bonds. The van der Waals surface area contributed by atoms with Gasteiger partial charge >= 0.3 is 0 Å². The standard InChI is InChI=1S/C22H21FN2O5S2/c1-25(19-7-3-2-4-8-19)32(29,30)21-9-5-6-18(16-21)24-22(26)14-15-31(27,28)20-12-10-17(23)11-13-20/h2-13,16H,14-15H2,1H3,(H,24,26). The van der Waals surface area contributed by atoms with Crippen LogP contribution in [-0.4, -0.2) is 35.5 Å². The van der Waals surface area contributed by atoms with Crippen LogP contribution in [0, 0.1) is 5.82 Å². The molecule has 0 aliphatic heterocycles. The minimum Gasteiger partial charge on any atom is -0.326 e. The molecular formula is C22H21FN2O5S2. The van der Waals surface area contributed by atoms with E-state index in [2.05, 4.69) is 5.32 Å². The van der Waals surface area contributed by atoms with Crippen LogP contribution in [0.2, 0.25) is 0 Å². The van der Waals surface area contributed by atoms with Crippen molar-refractivity contribution < 1.29 is 26.0 Å². The molecule has 3 aromatic rings. The molecule has 0 fully saturated rings. The van der Waals surface area contributed by atoms with Gasteiger partial charge in [-0.05, 0) is 54.6 Å². The predicted molar refractivity (Wildman–Crippen MR) is 120 cm³/mol. The van der Waals surface area contributed by atoms with E-state index in [-0.39, 0.29) is 21.9 Å². The Kier molecular flexibility index (Phi) is 6.95. The molecule has 0 radical (unpaired) electrons. The van der Waals surface area contributed by atoms with E-state index in [9.17, 15) is 26.0 Å². The molecule has 0 aliphatic carbocycles. The zero-order valence-corrected chi connectivity index (χ0v) is 18.7. The number of carbonyl (C=O) groups excluding carboxylic acids is 1. The Labute approximate surface area is 186 Å². The van der Waals surface area contributed by atoms with Gasteiger partial charge in [-0.25, -0.2) is 21.2 Å². The van der Waals surface area contributed by atoms with Gasteiger partial charge in [0.15, 0.2) is 9.84 Å². The van der Waals surface area contributed by atoms with Crippen molar-refractivity contribution in [3.05, 3.63) is 84.7 Å². The van der Waals surface area contributed by atoms with Gasteiger partial charge < -0.3 is 5.32 Å².